The van der Waals surface area contributed by atoms with Crippen molar-refractivity contribution in [1.82, 2.24) is 0 Å². The van der Waals surface area contributed by atoms with Crippen LogP contribution in [-0.2, 0) is 0 Å². The van der Waals surface area contributed by atoms with Gasteiger partial charge in [-0.25, -0.2) is 0 Å². The smallest absolute Gasteiger partial charge is 0.859 e. The van der Waals surface area contributed by atoms with E-state index >= 15 is 0 Å². The van der Waals surface area contributed by atoms with Gasteiger partial charge in [0.2, 0.25) is 0 Å². The first kappa shape index (κ1) is 24.0. The Labute approximate surface area is 133 Å². The van der Waals surface area contributed by atoms with Gasteiger partial charge in [-0.2, -0.15) is 0 Å². The van der Waals surface area contributed by atoms with E-state index in [0.29, 0.717) is 0 Å². The largest absolute Gasteiger partial charge is 1.00 e. The molecule has 0 fully saturated rings. The Balaban J connectivity index is -0.0000000457. The van der Waals surface area contributed by atoms with Crippen LogP contribution in [0.5, 0.6) is 0 Å². The Morgan fingerprint density at radius 2 is 0.667 bits per heavy atom. The first-order valence-electron chi connectivity index (χ1n) is 3.41. The molecular formula is C6H18KLiO2Si2. The minimum absolute atomic E-state index is 0. The SMILES string of the molecule is C[Si](C)(C)[O-].C[Si](C)(C)[O-].[K+].[Li+]. The van der Waals surface area contributed by atoms with E-state index in [9.17, 15) is 9.59 Å². The molecule has 6 heteroatoms. The zero-order chi connectivity index (χ0) is 9.00. The van der Waals surface area contributed by atoms with E-state index in [1.165, 1.54) is 0 Å². The molecule has 0 amide bonds. The zero-order valence-corrected chi connectivity index (χ0v) is 14.9. The van der Waals surface area contributed by atoms with Crippen LogP contribution in [-0.4, -0.2) is 16.6 Å². The average molecular weight is 224 g/mol. The molecule has 0 unspecified atom stereocenters. The molecule has 0 N–H and O–H groups in total. The standard InChI is InChI=1S/2C3H9OSi.K.Li/c2*1-5(2,3)4;;/h2*1-3H3;;/q2*-1;2*+1. The van der Waals surface area contributed by atoms with Crippen molar-refractivity contribution in [2.45, 2.75) is 39.3 Å². The summed E-state index contributed by atoms with van der Waals surface area (Å²) in [6.45, 7) is 10.6. The minimum atomic E-state index is -1.86. The predicted octanol–water partition coefficient (Wildman–Crippen LogP) is -5.63. The monoisotopic (exact) mass is 224 g/mol. The predicted molar refractivity (Wildman–Crippen MR) is 46.7 cm³/mol. The molecule has 0 radical (unpaired) electrons. The van der Waals surface area contributed by atoms with Crippen LogP contribution < -0.4 is 79.8 Å². The van der Waals surface area contributed by atoms with Crippen LogP contribution in [0.25, 0.3) is 0 Å². The molecular weight excluding hydrogens is 206 g/mol. The Kier molecular flexibility index (Phi) is 20.3. The molecule has 0 aromatic heterocycles. The Morgan fingerprint density at radius 1 is 0.667 bits per heavy atom. The van der Waals surface area contributed by atoms with Crippen LogP contribution in [0.4, 0.5) is 0 Å². The van der Waals surface area contributed by atoms with Gasteiger partial charge in [-0.05, 0) is 0 Å². The number of hydrogen-bond donors (Lipinski definition) is 0. The minimum Gasteiger partial charge on any atom is -0.859 e. The summed E-state index contributed by atoms with van der Waals surface area (Å²) in [5.74, 6) is 0. The van der Waals surface area contributed by atoms with Crippen molar-refractivity contribution < 1.29 is 79.8 Å². The van der Waals surface area contributed by atoms with Crippen molar-refractivity contribution in [1.29, 1.82) is 0 Å². The van der Waals surface area contributed by atoms with Crippen molar-refractivity contribution in [3.05, 3.63) is 0 Å². The molecule has 0 aliphatic rings. The fraction of sp³-hybridized carbons (Fsp3) is 1.00. The van der Waals surface area contributed by atoms with Gasteiger partial charge in [0.05, 0.1) is 0 Å². The van der Waals surface area contributed by atoms with Gasteiger partial charge in [-0.1, -0.05) is 55.9 Å². The molecule has 2 nitrogen and oxygen atoms in total. The second-order valence-corrected chi connectivity index (χ2v) is 12.7. The molecule has 0 bridgehead atoms. The van der Waals surface area contributed by atoms with Crippen LogP contribution in [0.1, 0.15) is 0 Å². The molecule has 0 saturated heterocycles. The summed E-state index contributed by atoms with van der Waals surface area (Å²) in [6, 6.07) is 0. The first-order chi connectivity index (χ1) is 4.00. The topological polar surface area (TPSA) is 46.1 Å². The van der Waals surface area contributed by atoms with Crippen LogP contribution in [0.3, 0.4) is 0 Å². The summed E-state index contributed by atoms with van der Waals surface area (Å²) < 4.78 is 0. The Morgan fingerprint density at radius 3 is 0.667 bits per heavy atom. The third-order valence-corrected chi connectivity index (χ3v) is 0. The summed E-state index contributed by atoms with van der Waals surface area (Å²) in [6.07, 6.45) is 0. The fourth-order valence-electron chi connectivity index (χ4n) is 0. The van der Waals surface area contributed by atoms with Crippen molar-refractivity contribution >= 4 is 16.6 Å². The van der Waals surface area contributed by atoms with E-state index in [2.05, 4.69) is 0 Å². The summed E-state index contributed by atoms with van der Waals surface area (Å²) in [7, 11) is -3.72. The molecule has 0 saturated carbocycles. The molecule has 0 aromatic rings. The quantitative estimate of drug-likeness (QED) is 0.385. The van der Waals surface area contributed by atoms with Gasteiger partial charge >= 0.3 is 70.2 Å². The molecule has 12 heavy (non-hydrogen) atoms. The summed E-state index contributed by atoms with van der Waals surface area (Å²) in [5, 5.41) is 0. The molecule has 0 atom stereocenters. The van der Waals surface area contributed by atoms with Crippen LogP contribution in [0.15, 0.2) is 0 Å². The molecule has 0 aliphatic heterocycles. The Bertz CT molecular complexity index is 66.5. The third kappa shape index (κ3) is 252. The second-order valence-electron chi connectivity index (χ2n) is 4.22. The molecule has 0 aromatic carbocycles. The molecule has 0 spiro atoms. The van der Waals surface area contributed by atoms with E-state index < -0.39 is 16.6 Å². The van der Waals surface area contributed by atoms with Gasteiger partial charge in [0.25, 0.3) is 0 Å². The number of hydrogen-bond acceptors (Lipinski definition) is 2. The van der Waals surface area contributed by atoms with E-state index in [4.69, 9.17) is 0 Å². The van der Waals surface area contributed by atoms with E-state index in [1.807, 2.05) is 0 Å². The molecule has 64 valence electrons. The van der Waals surface area contributed by atoms with Gasteiger partial charge in [0.15, 0.2) is 0 Å². The number of rotatable bonds is 0. The van der Waals surface area contributed by atoms with Crippen LogP contribution >= 0.6 is 0 Å². The first-order valence-corrected chi connectivity index (χ1v) is 10.2. The Hall–Kier alpha value is 2.59. The molecule has 0 heterocycles. The average Bonchev–Trinajstić information content (AvgIpc) is 1.12. The maximum Gasteiger partial charge on any atom is 1.00 e. The molecule has 0 aliphatic carbocycles. The second kappa shape index (κ2) is 10.1. The van der Waals surface area contributed by atoms with Crippen molar-refractivity contribution in [2.75, 3.05) is 0 Å². The fourth-order valence-corrected chi connectivity index (χ4v) is 0. The summed E-state index contributed by atoms with van der Waals surface area (Å²) in [5.41, 5.74) is 0. The van der Waals surface area contributed by atoms with Gasteiger partial charge < -0.3 is 9.59 Å². The van der Waals surface area contributed by atoms with E-state index in [1.54, 1.807) is 39.3 Å². The summed E-state index contributed by atoms with van der Waals surface area (Å²) in [4.78, 5) is 20.5. The van der Waals surface area contributed by atoms with E-state index in [-0.39, 0.29) is 70.2 Å². The third-order valence-electron chi connectivity index (χ3n) is 0. The van der Waals surface area contributed by atoms with Gasteiger partial charge in [0.1, 0.15) is 0 Å². The maximum atomic E-state index is 10.2. The van der Waals surface area contributed by atoms with E-state index in [0.717, 1.165) is 0 Å². The van der Waals surface area contributed by atoms with Crippen LogP contribution in [0, 0.1) is 0 Å². The van der Waals surface area contributed by atoms with Gasteiger partial charge in [-0.3, -0.25) is 0 Å². The van der Waals surface area contributed by atoms with Gasteiger partial charge in [0, 0.05) is 0 Å². The van der Waals surface area contributed by atoms with Crippen molar-refractivity contribution in [2.24, 2.45) is 0 Å². The van der Waals surface area contributed by atoms with Gasteiger partial charge in [-0.15, -0.1) is 0 Å². The summed E-state index contributed by atoms with van der Waals surface area (Å²) >= 11 is 0. The zero-order valence-electron chi connectivity index (χ0n) is 9.82. The van der Waals surface area contributed by atoms with Crippen molar-refractivity contribution in [3.63, 3.8) is 0 Å². The van der Waals surface area contributed by atoms with Crippen molar-refractivity contribution in [3.8, 4) is 0 Å². The maximum absolute atomic E-state index is 10.2. The molecule has 0 rings (SSSR count). The van der Waals surface area contributed by atoms with Crippen LogP contribution in [0.2, 0.25) is 39.3 Å². The normalized spacial score (nSPS) is 10.0.